The van der Waals surface area contributed by atoms with Crippen LogP contribution in [0.3, 0.4) is 0 Å². The van der Waals surface area contributed by atoms with Gasteiger partial charge in [0.1, 0.15) is 5.51 Å². The van der Waals surface area contributed by atoms with Crippen molar-refractivity contribution in [3.05, 3.63) is 5.51 Å². The van der Waals surface area contributed by atoms with Crippen molar-refractivity contribution in [2.45, 2.75) is 38.1 Å². The molecule has 7 nitrogen and oxygen atoms in total. The lowest BCUT2D eigenvalue weighted by atomic mass is 10.1. The molecule has 1 aliphatic heterocycles. The highest BCUT2D eigenvalue weighted by Gasteiger charge is 2.35. The number of hydrogen-bond donors (Lipinski definition) is 2. The van der Waals surface area contributed by atoms with Crippen LogP contribution in [-0.2, 0) is 4.79 Å². The molecule has 114 valence electrons. The quantitative estimate of drug-likeness (QED) is 0.881. The second-order valence-corrected chi connectivity index (χ2v) is 6.47. The smallest absolute Gasteiger partial charge is 0.321 e. The Balaban J connectivity index is 1.43. The minimum Gasteiger partial charge on any atom is -0.339 e. The van der Waals surface area contributed by atoms with E-state index >= 15 is 0 Å². The van der Waals surface area contributed by atoms with Crippen LogP contribution in [0, 0.1) is 5.92 Å². The molecule has 2 fully saturated rings. The zero-order valence-electron chi connectivity index (χ0n) is 11.7. The fourth-order valence-corrected chi connectivity index (χ4v) is 3.56. The summed E-state index contributed by atoms with van der Waals surface area (Å²) in [5.74, 6) is 0.441. The lowest BCUT2D eigenvalue weighted by Gasteiger charge is -2.24. The van der Waals surface area contributed by atoms with Crippen LogP contribution in [0.2, 0.25) is 0 Å². The molecule has 0 bridgehead atoms. The summed E-state index contributed by atoms with van der Waals surface area (Å²) in [6, 6.07) is 0.135. The number of urea groups is 1. The molecule has 1 saturated heterocycles. The molecule has 2 N–H and O–H groups in total. The summed E-state index contributed by atoms with van der Waals surface area (Å²) in [7, 11) is 0. The molecule has 3 amide bonds. The van der Waals surface area contributed by atoms with E-state index in [-0.39, 0.29) is 17.9 Å². The fraction of sp³-hybridized carbons (Fsp3) is 0.692. The van der Waals surface area contributed by atoms with Gasteiger partial charge in [0.2, 0.25) is 11.0 Å². The fourth-order valence-electron chi connectivity index (χ4n) is 3.12. The Morgan fingerprint density at radius 1 is 1.43 bits per heavy atom. The predicted molar refractivity (Wildman–Crippen MR) is 79.0 cm³/mol. The van der Waals surface area contributed by atoms with E-state index in [1.807, 2.05) is 4.90 Å². The predicted octanol–water partition coefficient (Wildman–Crippen LogP) is 1.45. The summed E-state index contributed by atoms with van der Waals surface area (Å²) in [5.41, 5.74) is 1.56. The molecule has 3 rings (SSSR count). The third kappa shape index (κ3) is 3.49. The van der Waals surface area contributed by atoms with Gasteiger partial charge in [0.05, 0.1) is 0 Å². The maximum atomic E-state index is 12.1. The molecule has 1 aliphatic carbocycles. The van der Waals surface area contributed by atoms with Gasteiger partial charge in [-0.25, -0.2) is 4.79 Å². The van der Waals surface area contributed by atoms with Gasteiger partial charge in [0.25, 0.3) is 0 Å². The first kappa shape index (κ1) is 14.2. The van der Waals surface area contributed by atoms with Crippen LogP contribution < -0.4 is 10.6 Å². The lowest BCUT2D eigenvalue weighted by Crippen LogP contribution is -2.36. The lowest BCUT2D eigenvalue weighted by molar-refractivity contribution is -0.129. The van der Waals surface area contributed by atoms with Crippen LogP contribution in [0.25, 0.3) is 0 Å². The number of rotatable bonds is 4. The van der Waals surface area contributed by atoms with Gasteiger partial charge in [-0.2, -0.15) is 0 Å². The topological polar surface area (TPSA) is 87.2 Å². The maximum Gasteiger partial charge on any atom is 0.321 e. The van der Waals surface area contributed by atoms with Crippen molar-refractivity contribution in [3.8, 4) is 0 Å². The number of nitrogens with one attached hydrogen (secondary N) is 2. The van der Waals surface area contributed by atoms with Crippen LogP contribution >= 0.6 is 11.3 Å². The third-order valence-electron chi connectivity index (χ3n) is 4.14. The van der Waals surface area contributed by atoms with Gasteiger partial charge in [-0.1, -0.05) is 24.2 Å². The highest BCUT2D eigenvalue weighted by molar-refractivity contribution is 7.13. The zero-order valence-corrected chi connectivity index (χ0v) is 12.6. The number of hydrogen-bond acceptors (Lipinski definition) is 5. The number of carbonyl (C=O) groups is 2. The number of carbonyl (C=O) groups excluding carboxylic acids is 2. The Labute approximate surface area is 127 Å². The number of nitrogens with zero attached hydrogens (tertiary/aromatic N) is 3. The van der Waals surface area contributed by atoms with Crippen LogP contribution in [0.5, 0.6) is 0 Å². The van der Waals surface area contributed by atoms with Crippen LogP contribution in [0.1, 0.15) is 32.1 Å². The van der Waals surface area contributed by atoms with Crippen LogP contribution in [0.4, 0.5) is 9.93 Å². The van der Waals surface area contributed by atoms with E-state index in [1.165, 1.54) is 24.2 Å². The molecule has 1 aromatic heterocycles. The summed E-state index contributed by atoms with van der Waals surface area (Å²) >= 11 is 1.27. The molecule has 1 aromatic rings. The van der Waals surface area contributed by atoms with E-state index in [0.29, 0.717) is 24.1 Å². The van der Waals surface area contributed by atoms with Crippen molar-refractivity contribution in [1.29, 1.82) is 0 Å². The molecule has 2 aliphatic rings. The van der Waals surface area contributed by atoms with Gasteiger partial charge in [-0.15, -0.1) is 10.2 Å². The van der Waals surface area contributed by atoms with Gasteiger partial charge in [0, 0.05) is 31.5 Å². The molecule has 1 saturated carbocycles. The average Bonchev–Trinajstić information content (AvgIpc) is 3.17. The second kappa shape index (κ2) is 6.38. The summed E-state index contributed by atoms with van der Waals surface area (Å²) in [6.45, 7) is 1.28. The van der Waals surface area contributed by atoms with Crippen molar-refractivity contribution in [2.75, 3.05) is 18.4 Å². The second-order valence-electron chi connectivity index (χ2n) is 5.63. The Morgan fingerprint density at radius 2 is 2.24 bits per heavy atom. The Kier molecular flexibility index (Phi) is 4.33. The van der Waals surface area contributed by atoms with Crippen LogP contribution in [-0.4, -0.2) is 46.2 Å². The number of anilines is 1. The van der Waals surface area contributed by atoms with E-state index < -0.39 is 0 Å². The van der Waals surface area contributed by atoms with Gasteiger partial charge in [0.15, 0.2) is 0 Å². The summed E-state index contributed by atoms with van der Waals surface area (Å²) in [5, 5.41) is 13.3. The molecule has 0 radical (unpaired) electrons. The zero-order chi connectivity index (χ0) is 14.7. The highest BCUT2D eigenvalue weighted by atomic mass is 32.1. The van der Waals surface area contributed by atoms with Crippen molar-refractivity contribution < 1.29 is 9.59 Å². The first-order valence-electron chi connectivity index (χ1n) is 7.33. The summed E-state index contributed by atoms with van der Waals surface area (Å²) < 4.78 is 0. The molecule has 0 spiro atoms. The molecular formula is C13H19N5O2S. The van der Waals surface area contributed by atoms with Crippen molar-refractivity contribution in [1.82, 2.24) is 20.4 Å². The van der Waals surface area contributed by atoms with Crippen molar-refractivity contribution in [2.24, 2.45) is 5.92 Å². The first-order chi connectivity index (χ1) is 10.2. The number of aromatic nitrogens is 2. The number of amides is 3. The summed E-state index contributed by atoms with van der Waals surface area (Å²) in [6.07, 6.45) is 5.24. The van der Waals surface area contributed by atoms with Gasteiger partial charge in [-0.3, -0.25) is 10.1 Å². The van der Waals surface area contributed by atoms with E-state index in [9.17, 15) is 9.59 Å². The first-order valence-corrected chi connectivity index (χ1v) is 8.21. The monoisotopic (exact) mass is 309 g/mol. The van der Waals surface area contributed by atoms with E-state index in [0.717, 1.165) is 19.4 Å². The van der Waals surface area contributed by atoms with E-state index in [2.05, 4.69) is 20.8 Å². The minimum atomic E-state index is -0.293. The normalized spacial score (nSPS) is 22.8. The van der Waals surface area contributed by atoms with Crippen molar-refractivity contribution >= 4 is 28.4 Å². The molecule has 1 atom stereocenters. The minimum absolute atomic E-state index is 0.207. The molecular weight excluding hydrogens is 290 g/mol. The average molecular weight is 309 g/mol. The highest BCUT2D eigenvalue weighted by Crippen LogP contribution is 2.29. The molecule has 0 aromatic carbocycles. The van der Waals surface area contributed by atoms with Gasteiger partial charge < -0.3 is 10.2 Å². The Morgan fingerprint density at radius 3 is 2.95 bits per heavy atom. The van der Waals surface area contributed by atoms with Gasteiger partial charge >= 0.3 is 6.03 Å². The Bertz CT molecular complexity index is 501. The SMILES string of the molecule is O=C(NC[C@@H]1CC(=O)N(C2CCCC2)C1)Nc1nncs1. The largest absolute Gasteiger partial charge is 0.339 e. The molecule has 2 heterocycles. The number of likely N-dealkylation sites (tertiary alicyclic amines) is 1. The molecule has 8 heteroatoms. The van der Waals surface area contributed by atoms with Crippen molar-refractivity contribution in [3.63, 3.8) is 0 Å². The maximum absolute atomic E-state index is 12.1. The third-order valence-corrected chi connectivity index (χ3v) is 4.74. The standard InChI is InChI=1S/C13H19N5O2S/c19-11-5-9(7-18(11)10-3-1-2-4-10)6-14-12(20)16-13-17-15-8-21-13/h8-10H,1-7H2,(H2,14,16,17,20)/t9-/m0/s1. The Hall–Kier alpha value is -1.70. The molecule has 0 unspecified atom stereocenters. The van der Waals surface area contributed by atoms with Crippen LogP contribution in [0.15, 0.2) is 5.51 Å². The summed E-state index contributed by atoms with van der Waals surface area (Å²) in [4.78, 5) is 25.8. The van der Waals surface area contributed by atoms with Gasteiger partial charge in [-0.05, 0) is 12.8 Å². The van der Waals surface area contributed by atoms with E-state index in [1.54, 1.807) is 5.51 Å². The molecule has 21 heavy (non-hydrogen) atoms. The van der Waals surface area contributed by atoms with E-state index in [4.69, 9.17) is 0 Å².